The van der Waals surface area contributed by atoms with Gasteiger partial charge in [-0.3, -0.25) is 4.90 Å². The van der Waals surface area contributed by atoms with E-state index in [4.69, 9.17) is 9.47 Å². The highest BCUT2D eigenvalue weighted by molar-refractivity contribution is 5.31. The van der Waals surface area contributed by atoms with Crippen molar-refractivity contribution in [2.75, 3.05) is 39.8 Å². The molecule has 1 saturated carbocycles. The Kier molecular flexibility index (Phi) is 6.30. The summed E-state index contributed by atoms with van der Waals surface area (Å²) in [6, 6.07) is 3.90. The number of ether oxygens (including phenoxy) is 2. The first-order valence-electron chi connectivity index (χ1n) is 9.26. The van der Waals surface area contributed by atoms with Crippen molar-refractivity contribution in [3.8, 4) is 17.6 Å². The zero-order valence-corrected chi connectivity index (χ0v) is 15.6. The molecular formula is C20H29N3O2. The van der Waals surface area contributed by atoms with E-state index in [1.54, 1.807) is 6.20 Å². The van der Waals surface area contributed by atoms with Crippen molar-refractivity contribution in [1.29, 1.82) is 0 Å². The fourth-order valence-electron chi connectivity index (χ4n) is 3.07. The van der Waals surface area contributed by atoms with Gasteiger partial charge in [0.1, 0.15) is 17.5 Å². The lowest BCUT2D eigenvalue weighted by Gasteiger charge is -2.36. The molecule has 0 bridgehead atoms. The third-order valence-electron chi connectivity index (χ3n) is 4.67. The third kappa shape index (κ3) is 5.71. The van der Waals surface area contributed by atoms with Crippen LogP contribution in [-0.2, 0) is 4.74 Å². The summed E-state index contributed by atoms with van der Waals surface area (Å²) in [4.78, 5) is 9.13. The van der Waals surface area contributed by atoms with Crippen molar-refractivity contribution >= 4 is 0 Å². The van der Waals surface area contributed by atoms with Gasteiger partial charge >= 0.3 is 0 Å². The second-order valence-corrected chi connectivity index (χ2v) is 7.28. The van der Waals surface area contributed by atoms with Crippen LogP contribution in [0.4, 0.5) is 0 Å². The molecule has 0 radical (unpaired) electrons. The van der Waals surface area contributed by atoms with Gasteiger partial charge < -0.3 is 14.4 Å². The number of hydrogen-bond acceptors (Lipinski definition) is 5. The lowest BCUT2D eigenvalue weighted by atomic mass is 9.92. The van der Waals surface area contributed by atoms with E-state index in [-0.39, 0.29) is 12.2 Å². The molecule has 1 aromatic heterocycles. The van der Waals surface area contributed by atoms with Crippen molar-refractivity contribution in [2.24, 2.45) is 0 Å². The van der Waals surface area contributed by atoms with Gasteiger partial charge in [-0.25, -0.2) is 4.98 Å². The normalized spacial score (nSPS) is 24.5. The zero-order chi connectivity index (χ0) is 17.6. The summed E-state index contributed by atoms with van der Waals surface area (Å²) < 4.78 is 11.7. The first kappa shape index (κ1) is 18.2. The Hall–Kier alpha value is -1.61. The molecule has 1 aliphatic heterocycles. The molecular weight excluding hydrogens is 314 g/mol. The minimum absolute atomic E-state index is 0.250. The second kappa shape index (κ2) is 8.66. The van der Waals surface area contributed by atoms with Gasteiger partial charge in [0.2, 0.25) is 0 Å². The van der Waals surface area contributed by atoms with Crippen LogP contribution < -0.4 is 4.74 Å². The highest BCUT2D eigenvalue weighted by atomic mass is 16.5. The molecule has 0 unspecified atom stereocenters. The van der Waals surface area contributed by atoms with Crippen molar-refractivity contribution in [2.45, 2.75) is 45.0 Å². The van der Waals surface area contributed by atoms with Crippen LogP contribution in [0.3, 0.4) is 0 Å². The summed E-state index contributed by atoms with van der Waals surface area (Å²) in [7, 11) is 2.16. The SMILES string of the molecule is CC(C)OC1CC(Oc2ccc(C#CCN3CCN(C)CC3)nc2)C1. The highest BCUT2D eigenvalue weighted by Crippen LogP contribution is 2.28. The van der Waals surface area contributed by atoms with Gasteiger partial charge in [-0.1, -0.05) is 5.92 Å². The molecule has 1 aromatic rings. The van der Waals surface area contributed by atoms with Crippen molar-refractivity contribution in [3.05, 3.63) is 24.0 Å². The summed E-state index contributed by atoms with van der Waals surface area (Å²) in [5.41, 5.74) is 0.802. The summed E-state index contributed by atoms with van der Waals surface area (Å²) >= 11 is 0. The van der Waals surface area contributed by atoms with Crippen LogP contribution in [-0.4, -0.2) is 72.9 Å². The predicted molar refractivity (Wildman–Crippen MR) is 98.7 cm³/mol. The maximum Gasteiger partial charge on any atom is 0.138 e. The van der Waals surface area contributed by atoms with Gasteiger partial charge in [0.05, 0.1) is 24.9 Å². The molecule has 3 rings (SSSR count). The Bertz CT molecular complexity index is 592. The van der Waals surface area contributed by atoms with Crippen LogP contribution in [0, 0.1) is 11.8 Å². The van der Waals surface area contributed by atoms with E-state index >= 15 is 0 Å². The molecule has 136 valence electrons. The highest BCUT2D eigenvalue weighted by Gasteiger charge is 2.32. The van der Waals surface area contributed by atoms with Gasteiger partial charge in [-0.2, -0.15) is 0 Å². The van der Waals surface area contributed by atoms with Crippen LogP contribution in [0.15, 0.2) is 18.3 Å². The Labute approximate surface area is 151 Å². The summed E-state index contributed by atoms with van der Waals surface area (Å²) in [6.45, 7) is 9.38. The van der Waals surface area contributed by atoms with Crippen molar-refractivity contribution in [3.63, 3.8) is 0 Å². The number of piperazine rings is 1. The van der Waals surface area contributed by atoms with Gasteiger partial charge in [0.25, 0.3) is 0 Å². The lowest BCUT2D eigenvalue weighted by Crippen LogP contribution is -2.44. The first-order chi connectivity index (χ1) is 12.1. The molecule has 5 nitrogen and oxygen atoms in total. The topological polar surface area (TPSA) is 37.8 Å². The number of aromatic nitrogens is 1. The third-order valence-corrected chi connectivity index (χ3v) is 4.67. The average Bonchev–Trinajstić information content (AvgIpc) is 2.56. The van der Waals surface area contributed by atoms with Crippen LogP contribution in [0.5, 0.6) is 5.75 Å². The van der Waals surface area contributed by atoms with E-state index in [9.17, 15) is 0 Å². The second-order valence-electron chi connectivity index (χ2n) is 7.28. The molecule has 0 amide bonds. The molecule has 5 heteroatoms. The van der Waals surface area contributed by atoms with E-state index in [1.807, 2.05) is 12.1 Å². The monoisotopic (exact) mass is 343 g/mol. The predicted octanol–water partition coefficient (Wildman–Crippen LogP) is 2.02. The zero-order valence-electron chi connectivity index (χ0n) is 15.6. The van der Waals surface area contributed by atoms with Gasteiger partial charge in [-0.05, 0) is 38.9 Å². The number of hydrogen-bond donors (Lipinski definition) is 0. The minimum atomic E-state index is 0.250. The van der Waals surface area contributed by atoms with Gasteiger partial charge in [0, 0.05) is 39.0 Å². The number of nitrogens with zero attached hydrogens (tertiary/aromatic N) is 3. The van der Waals surface area contributed by atoms with Crippen molar-refractivity contribution in [1.82, 2.24) is 14.8 Å². The van der Waals surface area contributed by atoms with E-state index in [0.29, 0.717) is 6.10 Å². The maximum absolute atomic E-state index is 5.92. The van der Waals surface area contributed by atoms with Gasteiger partial charge in [-0.15, -0.1) is 0 Å². The molecule has 1 saturated heterocycles. The fourth-order valence-corrected chi connectivity index (χ4v) is 3.07. The Morgan fingerprint density at radius 1 is 1.16 bits per heavy atom. The van der Waals surface area contributed by atoms with E-state index < -0.39 is 0 Å². The quantitative estimate of drug-likeness (QED) is 0.765. The molecule has 1 aliphatic carbocycles. The first-order valence-corrected chi connectivity index (χ1v) is 9.26. The van der Waals surface area contributed by atoms with Crippen LogP contribution >= 0.6 is 0 Å². The van der Waals surface area contributed by atoms with Crippen molar-refractivity contribution < 1.29 is 9.47 Å². The van der Waals surface area contributed by atoms with Crippen LogP contribution in [0.2, 0.25) is 0 Å². The van der Waals surface area contributed by atoms with Gasteiger partial charge in [0.15, 0.2) is 0 Å². The molecule has 2 fully saturated rings. The minimum Gasteiger partial charge on any atom is -0.489 e. The summed E-state index contributed by atoms with van der Waals surface area (Å²) in [5, 5.41) is 0. The molecule has 2 aliphatic rings. The van der Waals surface area contributed by atoms with E-state index in [0.717, 1.165) is 57.0 Å². The number of rotatable bonds is 5. The Morgan fingerprint density at radius 2 is 1.92 bits per heavy atom. The smallest absolute Gasteiger partial charge is 0.138 e. The maximum atomic E-state index is 5.92. The standard InChI is InChI=1S/C20H29N3O2/c1-16(2)24-19-13-20(14-19)25-18-7-6-17(21-15-18)5-4-8-23-11-9-22(3)10-12-23/h6-7,15-16,19-20H,8-14H2,1-3H3. The molecule has 0 atom stereocenters. The molecule has 0 N–H and O–H groups in total. The van der Waals surface area contributed by atoms with Crippen LogP contribution in [0.25, 0.3) is 0 Å². The molecule has 25 heavy (non-hydrogen) atoms. The molecule has 0 aromatic carbocycles. The number of pyridine rings is 1. The number of likely N-dealkylation sites (N-methyl/N-ethyl adjacent to an activating group) is 1. The largest absolute Gasteiger partial charge is 0.489 e. The van der Waals surface area contributed by atoms with E-state index in [2.05, 4.69) is 47.5 Å². The lowest BCUT2D eigenvalue weighted by molar-refractivity contribution is -0.0850. The average molecular weight is 343 g/mol. The summed E-state index contributed by atoms with van der Waals surface area (Å²) in [5.74, 6) is 7.20. The summed E-state index contributed by atoms with van der Waals surface area (Å²) in [6.07, 6.45) is 4.58. The Balaban J connectivity index is 1.40. The Morgan fingerprint density at radius 3 is 2.56 bits per heavy atom. The van der Waals surface area contributed by atoms with Crippen LogP contribution in [0.1, 0.15) is 32.4 Å². The molecule has 0 spiro atoms. The fraction of sp³-hybridized carbons (Fsp3) is 0.650. The molecule has 2 heterocycles. The van der Waals surface area contributed by atoms with E-state index in [1.165, 1.54) is 0 Å².